The molecule has 0 unspecified atom stereocenters. The first-order valence-corrected chi connectivity index (χ1v) is 13.3. The minimum Gasteiger partial charge on any atom is -0.488 e. The second-order valence-electron chi connectivity index (χ2n) is 10.0. The molecule has 3 aromatic rings. The first-order valence-electron chi connectivity index (χ1n) is 13.3. The summed E-state index contributed by atoms with van der Waals surface area (Å²) in [5.74, 6) is 0.762. The molecule has 2 aliphatic rings. The van der Waals surface area contributed by atoms with Crippen LogP contribution in [0.2, 0.25) is 0 Å². The first kappa shape index (κ1) is 23.9. The van der Waals surface area contributed by atoms with Crippen LogP contribution < -0.4 is 10.1 Å². The lowest BCUT2D eigenvalue weighted by molar-refractivity contribution is 0.0902. The van der Waals surface area contributed by atoms with Gasteiger partial charge in [0, 0.05) is 43.1 Å². The van der Waals surface area contributed by atoms with Gasteiger partial charge in [-0.1, -0.05) is 49.2 Å². The van der Waals surface area contributed by atoms with Gasteiger partial charge in [0.1, 0.15) is 18.1 Å². The minimum absolute atomic E-state index is 0.0294. The molecule has 1 aromatic heterocycles. The van der Waals surface area contributed by atoms with Gasteiger partial charge in [0.25, 0.3) is 5.91 Å². The van der Waals surface area contributed by atoms with Crippen molar-refractivity contribution in [2.45, 2.75) is 51.2 Å². The highest BCUT2D eigenvalue weighted by molar-refractivity contribution is 5.99. The molecule has 0 saturated carbocycles. The van der Waals surface area contributed by atoms with Gasteiger partial charge >= 0.3 is 0 Å². The third-order valence-electron chi connectivity index (χ3n) is 7.46. The number of aromatic amines is 1. The number of likely N-dealkylation sites (tertiary alicyclic amines) is 2. The van der Waals surface area contributed by atoms with Crippen molar-refractivity contribution in [3.8, 4) is 5.75 Å². The first-order chi connectivity index (χ1) is 17.2. The van der Waals surface area contributed by atoms with Crippen LogP contribution in [0, 0.1) is 0 Å². The van der Waals surface area contributed by atoms with E-state index in [4.69, 9.17) is 4.74 Å². The second-order valence-corrected chi connectivity index (χ2v) is 10.0. The molecule has 6 nitrogen and oxygen atoms in total. The lowest BCUT2D eigenvalue weighted by Crippen LogP contribution is -2.46. The Balaban J connectivity index is 1.12. The van der Waals surface area contributed by atoms with Crippen LogP contribution >= 0.6 is 0 Å². The van der Waals surface area contributed by atoms with Crippen molar-refractivity contribution in [2.75, 3.05) is 39.3 Å². The van der Waals surface area contributed by atoms with E-state index >= 15 is 0 Å². The van der Waals surface area contributed by atoms with Crippen molar-refractivity contribution in [3.63, 3.8) is 0 Å². The highest BCUT2D eigenvalue weighted by Gasteiger charge is 2.22. The van der Waals surface area contributed by atoms with Crippen molar-refractivity contribution >= 4 is 16.8 Å². The molecule has 5 rings (SSSR count). The summed E-state index contributed by atoms with van der Waals surface area (Å²) in [7, 11) is 0. The molecule has 186 valence electrons. The van der Waals surface area contributed by atoms with Crippen molar-refractivity contribution < 1.29 is 9.53 Å². The van der Waals surface area contributed by atoms with Gasteiger partial charge in [0.05, 0.1) is 0 Å². The molecule has 0 bridgehead atoms. The summed E-state index contributed by atoms with van der Waals surface area (Å²) in [5, 5.41) is 4.20. The Labute approximate surface area is 208 Å². The monoisotopic (exact) mass is 474 g/mol. The van der Waals surface area contributed by atoms with E-state index in [2.05, 4.69) is 32.2 Å². The number of piperidine rings is 1. The Hall–Kier alpha value is -2.83. The van der Waals surface area contributed by atoms with Crippen LogP contribution in [-0.4, -0.2) is 66.0 Å². The summed E-state index contributed by atoms with van der Waals surface area (Å²) in [6.07, 6.45) is 7.50. The largest absolute Gasteiger partial charge is 0.488 e. The number of H-pyrrole nitrogens is 1. The van der Waals surface area contributed by atoms with Gasteiger partial charge in [0.15, 0.2) is 0 Å². The Kier molecular flexibility index (Phi) is 8.01. The molecule has 2 aliphatic heterocycles. The number of rotatable bonds is 8. The predicted octanol–water partition coefficient (Wildman–Crippen LogP) is 4.82. The summed E-state index contributed by atoms with van der Waals surface area (Å²) in [5.41, 5.74) is 2.64. The van der Waals surface area contributed by atoms with E-state index in [1.54, 1.807) is 0 Å². The van der Waals surface area contributed by atoms with E-state index in [1.165, 1.54) is 45.3 Å². The fourth-order valence-corrected chi connectivity index (χ4v) is 5.32. The zero-order valence-electron chi connectivity index (χ0n) is 20.7. The Morgan fingerprint density at radius 3 is 2.34 bits per heavy atom. The van der Waals surface area contributed by atoms with Crippen LogP contribution in [0.3, 0.4) is 0 Å². The van der Waals surface area contributed by atoms with Crippen molar-refractivity contribution in [1.82, 2.24) is 20.1 Å². The second kappa shape index (κ2) is 11.7. The normalized spacial score (nSPS) is 18.4. The fraction of sp³-hybridized carbons (Fsp3) is 0.483. The van der Waals surface area contributed by atoms with Gasteiger partial charge < -0.3 is 24.8 Å². The van der Waals surface area contributed by atoms with Crippen LogP contribution in [-0.2, 0) is 6.61 Å². The molecule has 6 heteroatoms. The molecule has 0 atom stereocenters. The molecular weight excluding hydrogens is 436 g/mol. The van der Waals surface area contributed by atoms with E-state index in [1.807, 2.05) is 42.5 Å². The molecule has 3 heterocycles. The summed E-state index contributed by atoms with van der Waals surface area (Å²) >= 11 is 0. The van der Waals surface area contributed by atoms with Crippen LogP contribution in [0.25, 0.3) is 10.9 Å². The maximum atomic E-state index is 13.0. The summed E-state index contributed by atoms with van der Waals surface area (Å²) in [4.78, 5) is 21.5. The molecule has 1 amide bonds. The van der Waals surface area contributed by atoms with Gasteiger partial charge in [-0.3, -0.25) is 4.79 Å². The van der Waals surface area contributed by atoms with Gasteiger partial charge in [-0.05, 0) is 62.5 Å². The minimum atomic E-state index is -0.0294. The maximum Gasteiger partial charge on any atom is 0.267 e. The van der Waals surface area contributed by atoms with Gasteiger partial charge in [0.2, 0.25) is 0 Å². The summed E-state index contributed by atoms with van der Waals surface area (Å²) in [6, 6.07) is 18.2. The molecule has 2 saturated heterocycles. The Morgan fingerprint density at radius 2 is 1.60 bits per heavy atom. The molecule has 0 spiro atoms. The van der Waals surface area contributed by atoms with Crippen LogP contribution in [0.1, 0.15) is 54.6 Å². The molecular formula is C29H38N4O2. The van der Waals surface area contributed by atoms with Crippen LogP contribution in [0.5, 0.6) is 5.75 Å². The number of aromatic nitrogens is 1. The van der Waals surface area contributed by atoms with Gasteiger partial charge in [-0.25, -0.2) is 0 Å². The molecule has 0 radical (unpaired) electrons. The number of carbonyl (C=O) groups excluding carboxylic acids is 1. The number of hydrogen-bond donors (Lipinski definition) is 2. The summed E-state index contributed by atoms with van der Waals surface area (Å²) < 4.78 is 6.07. The molecule has 2 N–H and O–H groups in total. The topological polar surface area (TPSA) is 60.6 Å². The summed E-state index contributed by atoms with van der Waals surface area (Å²) in [6.45, 7) is 7.47. The average molecular weight is 475 g/mol. The SMILES string of the molecule is O=C(NC1CCN(CCN2CCCCCC2)CC1)c1cc2c(OCc3ccccc3)cccc2[nH]1. The molecule has 2 fully saturated rings. The lowest BCUT2D eigenvalue weighted by Gasteiger charge is -2.33. The third kappa shape index (κ3) is 6.44. The van der Waals surface area contributed by atoms with E-state index < -0.39 is 0 Å². The van der Waals surface area contributed by atoms with E-state index in [0.29, 0.717) is 12.3 Å². The number of fused-ring (bicyclic) bond motifs is 1. The Morgan fingerprint density at radius 1 is 0.886 bits per heavy atom. The molecule has 2 aromatic carbocycles. The number of hydrogen-bond acceptors (Lipinski definition) is 4. The van der Waals surface area contributed by atoms with Crippen molar-refractivity contribution in [3.05, 3.63) is 65.9 Å². The smallest absolute Gasteiger partial charge is 0.267 e. The van der Waals surface area contributed by atoms with E-state index in [-0.39, 0.29) is 11.9 Å². The number of nitrogens with zero attached hydrogens (tertiary/aromatic N) is 2. The van der Waals surface area contributed by atoms with E-state index in [0.717, 1.165) is 54.7 Å². The fourth-order valence-electron chi connectivity index (χ4n) is 5.32. The highest BCUT2D eigenvalue weighted by Crippen LogP contribution is 2.27. The number of ether oxygens (including phenoxy) is 1. The van der Waals surface area contributed by atoms with Crippen molar-refractivity contribution in [2.24, 2.45) is 0 Å². The highest BCUT2D eigenvalue weighted by atomic mass is 16.5. The van der Waals surface area contributed by atoms with Crippen molar-refractivity contribution in [1.29, 1.82) is 0 Å². The standard InChI is InChI=1S/C29H38N4O2/c34-29(30-24-13-17-33(18-14-24)20-19-32-15-6-1-2-7-16-32)27-21-25-26(31-27)11-8-12-28(25)35-22-23-9-4-3-5-10-23/h3-5,8-12,21,24,31H,1-2,6-7,13-20,22H2,(H,30,34). The number of carbonyl (C=O) groups is 1. The molecule has 0 aliphatic carbocycles. The third-order valence-corrected chi connectivity index (χ3v) is 7.46. The average Bonchev–Trinajstić information content (AvgIpc) is 3.17. The maximum absolute atomic E-state index is 13.0. The number of amides is 1. The quantitative estimate of drug-likeness (QED) is 0.492. The zero-order valence-corrected chi connectivity index (χ0v) is 20.7. The Bertz CT molecular complexity index is 1080. The van der Waals surface area contributed by atoms with Gasteiger partial charge in [-0.15, -0.1) is 0 Å². The number of nitrogens with one attached hydrogen (secondary N) is 2. The predicted molar refractivity (Wildman–Crippen MR) is 141 cm³/mol. The van der Waals surface area contributed by atoms with Crippen LogP contribution in [0.15, 0.2) is 54.6 Å². The van der Waals surface area contributed by atoms with Crippen LogP contribution in [0.4, 0.5) is 0 Å². The lowest BCUT2D eigenvalue weighted by atomic mass is 10.0. The molecule has 35 heavy (non-hydrogen) atoms. The number of benzene rings is 2. The zero-order chi connectivity index (χ0) is 23.9. The van der Waals surface area contributed by atoms with E-state index in [9.17, 15) is 4.79 Å². The van der Waals surface area contributed by atoms with Gasteiger partial charge in [-0.2, -0.15) is 0 Å².